The molecular weight excluding hydrogens is 1590 g/mol. The number of aryl methyl sites for hydroxylation is 1. The predicted octanol–water partition coefficient (Wildman–Crippen LogP) is 13.7. The van der Waals surface area contributed by atoms with Crippen LogP contribution in [0.1, 0.15) is 174 Å². The van der Waals surface area contributed by atoms with Gasteiger partial charge in [0.15, 0.2) is 17.3 Å². The summed E-state index contributed by atoms with van der Waals surface area (Å²) in [6, 6.07) is 24.7. The lowest BCUT2D eigenvalue weighted by atomic mass is 9.53. The van der Waals surface area contributed by atoms with E-state index in [4.69, 9.17) is 15.7 Å². The number of likely N-dealkylation sites (tertiary alicyclic amines) is 1. The van der Waals surface area contributed by atoms with Gasteiger partial charge in [-0.05, 0) is 239 Å². The maximum Gasteiger partial charge on any atom is 0.315 e. The van der Waals surface area contributed by atoms with Crippen molar-refractivity contribution in [3.8, 4) is 29.1 Å². The highest BCUT2D eigenvalue weighted by Crippen LogP contribution is 2.55. The molecule has 118 heavy (non-hydrogen) atoms. The summed E-state index contributed by atoms with van der Waals surface area (Å²) in [6.45, 7) is 19.6. The molecule has 0 spiro atoms. The number of hydrogen-bond acceptors (Lipinski definition) is 20. The van der Waals surface area contributed by atoms with Gasteiger partial charge in [-0.25, -0.2) is 0 Å². The number of aliphatic hydroxyl groups is 1. The summed E-state index contributed by atoms with van der Waals surface area (Å²) < 4.78 is 7.43. The number of fused-ring (bicyclic) bond motifs is 7. The number of ketones is 1. The second kappa shape index (κ2) is 35.0. The van der Waals surface area contributed by atoms with Crippen molar-refractivity contribution < 1.29 is 64.1 Å². The van der Waals surface area contributed by atoms with E-state index in [0.717, 1.165) is 99.6 Å². The molecule has 4 saturated heterocycles. The van der Waals surface area contributed by atoms with E-state index >= 15 is 0 Å². The minimum absolute atomic E-state index is 0.0594. The summed E-state index contributed by atoms with van der Waals surface area (Å²) in [6.07, 6.45) is 22.6. The molecule has 11 aliphatic rings. The molecule has 8 fully saturated rings. The number of nitrogens with zero attached hydrogens (tertiary/aromatic N) is 8. The van der Waals surface area contributed by atoms with Crippen molar-refractivity contribution in [2.24, 2.45) is 47.2 Å². The summed E-state index contributed by atoms with van der Waals surface area (Å²) in [4.78, 5) is 103. The van der Waals surface area contributed by atoms with E-state index in [-0.39, 0.29) is 40.5 Å². The second-order valence-corrected chi connectivity index (χ2v) is 36.3. The average Bonchev–Trinajstić information content (AvgIpc) is 1.53. The Hall–Kier alpha value is -9.67. The lowest BCUT2D eigenvalue weighted by molar-refractivity contribution is -0.386. The first-order valence-corrected chi connectivity index (χ1v) is 43.5. The van der Waals surface area contributed by atoms with Gasteiger partial charge in [-0.1, -0.05) is 94.8 Å². The topological polar surface area (TPSA) is 392 Å². The van der Waals surface area contributed by atoms with Crippen molar-refractivity contribution in [3.63, 3.8) is 0 Å². The molecule has 18 rings (SSSR count). The highest BCUT2D eigenvalue weighted by atomic mass is 79.9. The number of amides is 4. The fourth-order valence-electron chi connectivity index (χ4n) is 20.7. The number of H-pyrrole nitrogens is 2. The Morgan fingerprint density at radius 3 is 2.11 bits per heavy atom. The van der Waals surface area contributed by atoms with E-state index < -0.39 is 97.4 Å². The molecule has 0 unspecified atom stereocenters. The van der Waals surface area contributed by atoms with Gasteiger partial charge in [0.2, 0.25) is 29.0 Å². The average molecular weight is 1700 g/mol. The smallest absolute Gasteiger partial charge is 0.315 e. The van der Waals surface area contributed by atoms with Crippen LogP contribution in [0.15, 0.2) is 107 Å². The van der Waals surface area contributed by atoms with E-state index in [0.29, 0.717) is 56.2 Å². The first-order valence-electron chi connectivity index (χ1n) is 41.3. The lowest BCUT2D eigenvalue weighted by Gasteiger charge is -2.55. The largest absolute Gasteiger partial charge is 0.504 e. The van der Waals surface area contributed by atoms with Crippen LogP contribution in [0.4, 0.5) is 11.4 Å². The Morgan fingerprint density at radius 1 is 0.856 bits per heavy atom. The third kappa shape index (κ3) is 16.8. The number of benzene rings is 5. The molecule has 27 nitrogen and oxygen atoms in total. The fourth-order valence-corrected chi connectivity index (χ4v) is 22.0. The summed E-state index contributed by atoms with van der Waals surface area (Å²) in [5.74, 6) is -2.18. The van der Waals surface area contributed by atoms with Crippen molar-refractivity contribution in [2.75, 3.05) is 58.3 Å². The molecule has 29 heteroatoms. The number of aromatic amines is 2. The molecule has 10 N–H and O–H groups in total. The number of piperidine rings is 1. The highest BCUT2D eigenvalue weighted by Gasteiger charge is 2.72. The Labute approximate surface area is 699 Å². The zero-order valence-corrected chi connectivity index (χ0v) is 71.0. The molecule has 628 valence electrons. The van der Waals surface area contributed by atoms with Crippen LogP contribution in [0.2, 0.25) is 0 Å². The third-order valence-corrected chi connectivity index (χ3v) is 27.2. The molecule has 4 bridgehead atoms. The first kappa shape index (κ1) is 86.2. The van der Waals surface area contributed by atoms with Crippen molar-refractivity contribution in [1.29, 1.82) is 5.26 Å². The van der Waals surface area contributed by atoms with Crippen molar-refractivity contribution in [1.82, 2.24) is 39.8 Å². The predicted molar refractivity (Wildman–Crippen MR) is 455 cm³/mol. The van der Waals surface area contributed by atoms with E-state index in [1.54, 1.807) is 68.5 Å². The number of nitrogens with one attached hydrogen (secondary N) is 3. The molecule has 4 saturated carbocycles. The van der Waals surface area contributed by atoms with Crippen LogP contribution in [0.3, 0.4) is 0 Å². The van der Waals surface area contributed by atoms with Crippen LogP contribution < -0.4 is 11.1 Å². The number of nitro groups is 2. The number of aromatic hydroxyl groups is 4. The number of rotatable bonds is 17. The summed E-state index contributed by atoms with van der Waals surface area (Å²) >= 11 is 5.71. The van der Waals surface area contributed by atoms with Gasteiger partial charge in [0, 0.05) is 113 Å². The number of phenolic OH excluding ortho intramolecular Hbond substituents is 4. The molecule has 4 amide bonds. The number of phenols is 4. The van der Waals surface area contributed by atoms with Crippen LogP contribution in [0, 0.1) is 79.9 Å². The van der Waals surface area contributed by atoms with Crippen LogP contribution in [-0.4, -0.2) is 199 Å². The van der Waals surface area contributed by atoms with Crippen LogP contribution in [0.25, 0.3) is 33.5 Å². The van der Waals surface area contributed by atoms with Crippen molar-refractivity contribution >= 4 is 102 Å². The minimum atomic E-state index is -2.01. The molecule has 6 aliphatic carbocycles. The quantitative estimate of drug-likeness (QED) is 0.0102. The van der Waals surface area contributed by atoms with Gasteiger partial charge in [-0.3, -0.25) is 63.6 Å². The molecule has 2 aromatic heterocycles. The fraction of sp³-hybridized carbons (Fsp3) is 0.506. The van der Waals surface area contributed by atoms with Gasteiger partial charge >= 0.3 is 11.4 Å². The number of likely N-dealkylation sites (N-methyl/N-ethyl adjacent to an activating group) is 2. The SMILES string of the molecule is CC(C)C[C@H]1C(=O)N2CCC[C@H]2[C@]2(O)O[C@](NC(=O)[C@@H]3C=C4c5cccc6[nH]c(Br)c(c56)C[C@H]4N(C)C3)(C(C)C)C(=O)N12.CCCN1C[C@H](CSC)C[C@@H]2c3cccc4[nH]cc(c34)C[C@H]21.CCN(CC)C(=O)/C(C#N)=C/c1cc(O)c(O)c([N+](=O)[O-])c1.Cc1ccc(C(=O)c2cc(O)c(O)c([N+](=O)[O-])c2)cc1.NC12CC3CC(CC(C3)C1)C2. The lowest BCUT2D eigenvalue weighted by Crippen LogP contribution is -2.71. The van der Waals surface area contributed by atoms with Crippen molar-refractivity contribution in [3.05, 3.63) is 172 Å². The molecule has 0 radical (unpaired) electrons. The minimum Gasteiger partial charge on any atom is -0.504 e. The standard InChI is InChI=1S/C32H40BrN5O5.C19H26N2S.C14H15N3O5.C14H11NO5.C10H17N/c1-16(2)12-24-29(40)37-11-7-10-25(37)32(42)38(24)30(41)31(43-32,17(3)4)35-28(39)18-13-20-19-8-6-9-22-26(19)21(27(33)34-22)14-23(20)36(5)15-18;1-3-7-21-11-13(12-22-2)8-16-15-5-4-6-17-19(15)14(10-20-17)9-18(16)21;1-3-16(4-2)14(20)10(8-15)5-9-6-11(17(21)22)13(19)12(18)7-9;1-8-2-4-9(5-3-8)13(17)10-6-11(15(19)20)14(18)12(16)7-10;11-10-4-7-1-8(5-10)3-9(2-7)6-10/h6,8-9,13,16-18,23-25,34,42H,7,10-12,14-15H2,1-5H3,(H,35,39);4-6,10,13,16,18,20H,3,7-9,11-12H2,1-2H3;5-7,18-19H,3-4H2,1-2H3;2-7,16,18H,1H3;7-9H,1-6,11H2/b;;10-5+;;/t18-,23-,24+,25+,31-,32+;13-,16-,18-;;;/m11.../s1. The number of carbonyl (C=O) groups excluding carboxylic acids is 5. The van der Waals surface area contributed by atoms with Gasteiger partial charge in [-0.2, -0.15) is 17.0 Å². The normalized spacial score (nSPS) is 26.9. The molecule has 7 aromatic rings. The van der Waals surface area contributed by atoms with Crippen molar-refractivity contribution in [2.45, 2.75) is 186 Å². The molecular formula is C89H109BrN12O15S. The number of nitro benzene ring substituents is 2. The molecule has 7 heterocycles. The maximum atomic E-state index is 14.4. The molecule has 9 atom stereocenters. The third-order valence-electron chi connectivity index (χ3n) is 25.8. The summed E-state index contributed by atoms with van der Waals surface area (Å²) in [5.41, 5.74) is 13.5. The van der Waals surface area contributed by atoms with Gasteiger partial charge in [-0.15, -0.1) is 0 Å². The molecule has 5 aromatic carbocycles. The van der Waals surface area contributed by atoms with Gasteiger partial charge in [0.25, 0.3) is 17.7 Å². The number of piperazine rings is 1. The zero-order valence-electron chi connectivity index (χ0n) is 68.6. The van der Waals surface area contributed by atoms with E-state index in [9.17, 15) is 69.7 Å². The summed E-state index contributed by atoms with van der Waals surface area (Å²) in [5, 5.41) is 86.2. The van der Waals surface area contributed by atoms with Gasteiger partial charge in [0.1, 0.15) is 23.7 Å². The van der Waals surface area contributed by atoms with Gasteiger partial charge in [0.05, 0.1) is 20.4 Å². The monoisotopic (exact) mass is 1700 g/mol. The Kier molecular flexibility index (Phi) is 25.5. The first-order chi connectivity index (χ1) is 56.2. The Morgan fingerprint density at radius 2 is 1.50 bits per heavy atom. The number of aromatic nitrogens is 2. The Balaban J connectivity index is 0.000000137. The van der Waals surface area contributed by atoms with E-state index in [1.165, 1.54) is 114 Å². The Bertz CT molecular complexity index is 5110. The highest BCUT2D eigenvalue weighted by molar-refractivity contribution is 9.10. The maximum absolute atomic E-state index is 14.4. The number of thioether (sulfide) groups is 1. The second-order valence-electron chi connectivity index (χ2n) is 34.6. The van der Waals surface area contributed by atoms with E-state index in [2.05, 4.69) is 90.7 Å². The number of carbonyl (C=O) groups is 5. The number of ether oxygens (including phenoxy) is 1. The van der Waals surface area contributed by atoms with Crippen LogP contribution >= 0.6 is 27.7 Å². The number of halogens is 1. The zero-order chi connectivity index (χ0) is 84.9. The van der Waals surface area contributed by atoms with Gasteiger partial charge < -0.3 is 56.4 Å². The van der Waals surface area contributed by atoms with E-state index in [1.807, 2.05) is 51.7 Å². The van der Waals surface area contributed by atoms with Crippen LogP contribution in [-0.2, 0) is 36.8 Å². The molecule has 5 aliphatic heterocycles. The number of nitrogens with two attached hydrogens (primary N) is 1. The summed E-state index contributed by atoms with van der Waals surface area (Å²) in [7, 11) is 2.03. The number of hydrogen-bond donors (Lipinski definition) is 9. The van der Waals surface area contributed by atoms with Crippen LogP contribution in [0.5, 0.6) is 23.0 Å². The number of nitriles is 1.